The molecule has 8 heteroatoms. The maximum atomic E-state index is 12.6. The largest absolute Gasteiger partial charge is 0.465 e. The van der Waals surface area contributed by atoms with E-state index in [-0.39, 0.29) is 5.91 Å². The van der Waals surface area contributed by atoms with E-state index >= 15 is 0 Å². The van der Waals surface area contributed by atoms with Crippen molar-refractivity contribution in [2.45, 2.75) is 6.54 Å². The van der Waals surface area contributed by atoms with Crippen LogP contribution in [0.5, 0.6) is 0 Å². The minimum Gasteiger partial charge on any atom is -0.465 e. The SMILES string of the molecule is COCCn1c(=NC(=O)c2cccc(Cl)c2)sc2cc(C(=O)OC)ccc21. The third kappa shape index (κ3) is 4.27. The number of thiazole rings is 1. The van der Waals surface area contributed by atoms with E-state index in [1.165, 1.54) is 18.4 Å². The van der Waals surface area contributed by atoms with Crippen molar-refractivity contribution in [3.8, 4) is 0 Å². The monoisotopic (exact) mass is 404 g/mol. The summed E-state index contributed by atoms with van der Waals surface area (Å²) in [4.78, 5) is 29.1. The van der Waals surface area contributed by atoms with Crippen molar-refractivity contribution in [3.63, 3.8) is 0 Å². The lowest BCUT2D eigenvalue weighted by molar-refractivity contribution is 0.0601. The van der Waals surface area contributed by atoms with E-state index in [0.29, 0.717) is 34.1 Å². The van der Waals surface area contributed by atoms with Gasteiger partial charge in [-0.2, -0.15) is 4.99 Å². The van der Waals surface area contributed by atoms with Gasteiger partial charge in [-0.25, -0.2) is 4.79 Å². The van der Waals surface area contributed by atoms with E-state index in [9.17, 15) is 9.59 Å². The minimum atomic E-state index is -0.415. The summed E-state index contributed by atoms with van der Waals surface area (Å²) in [7, 11) is 2.95. The molecular weight excluding hydrogens is 388 g/mol. The van der Waals surface area contributed by atoms with E-state index in [0.717, 1.165) is 10.2 Å². The van der Waals surface area contributed by atoms with Crippen molar-refractivity contribution in [1.82, 2.24) is 4.57 Å². The number of ether oxygens (including phenoxy) is 2. The Labute approximate surface area is 164 Å². The van der Waals surface area contributed by atoms with Gasteiger partial charge in [0.1, 0.15) is 0 Å². The van der Waals surface area contributed by atoms with Crippen LogP contribution >= 0.6 is 22.9 Å². The van der Waals surface area contributed by atoms with Gasteiger partial charge in [0.05, 0.1) is 29.5 Å². The summed E-state index contributed by atoms with van der Waals surface area (Å²) >= 11 is 7.28. The highest BCUT2D eigenvalue weighted by atomic mass is 35.5. The number of aromatic nitrogens is 1. The van der Waals surface area contributed by atoms with Gasteiger partial charge in [0.15, 0.2) is 4.80 Å². The van der Waals surface area contributed by atoms with Crippen LogP contribution in [-0.2, 0) is 16.0 Å². The van der Waals surface area contributed by atoms with Crippen LogP contribution in [-0.4, -0.2) is 37.3 Å². The van der Waals surface area contributed by atoms with Crippen LogP contribution in [0.1, 0.15) is 20.7 Å². The summed E-state index contributed by atoms with van der Waals surface area (Å²) in [6, 6.07) is 11.9. The molecule has 0 bridgehead atoms. The number of methoxy groups -OCH3 is 2. The lowest BCUT2D eigenvalue weighted by Gasteiger charge is -2.05. The summed E-state index contributed by atoms with van der Waals surface area (Å²) in [6.45, 7) is 0.985. The van der Waals surface area contributed by atoms with Crippen LogP contribution in [0.15, 0.2) is 47.5 Å². The summed E-state index contributed by atoms with van der Waals surface area (Å²) in [5.41, 5.74) is 1.72. The van der Waals surface area contributed by atoms with Gasteiger partial charge in [-0.3, -0.25) is 4.79 Å². The highest BCUT2D eigenvalue weighted by molar-refractivity contribution is 7.16. The fourth-order valence-electron chi connectivity index (χ4n) is 2.57. The smallest absolute Gasteiger partial charge is 0.337 e. The Morgan fingerprint density at radius 3 is 2.67 bits per heavy atom. The summed E-state index contributed by atoms with van der Waals surface area (Å²) in [5, 5.41) is 0.474. The Morgan fingerprint density at radius 2 is 1.96 bits per heavy atom. The van der Waals surface area contributed by atoms with Gasteiger partial charge >= 0.3 is 5.97 Å². The fraction of sp³-hybridized carbons (Fsp3) is 0.211. The number of fused-ring (bicyclic) bond motifs is 1. The summed E-state index contributed by atoms with van der Waals surface area (Å²) < 4.78 is 12.7. The molecule has 0 aliphatic rings. The quantitative estimate of drug-likeness (QED) is 0.610. The number of nitrogens with zero attached hydrogens (tertiary/aromatic N) is 2. The second kappa shape index (κ2) is 8.47. The number of rotatable bonds is 5. The standard InChI is InChI=1S/C19H17ClN2O4S/c1-25-9-8-22-15-7-6-13(18(24)26-2)11-16(15)27-19(22)21-17(23)12-4-3-5-14(20)10-12/h3-7,10-11H,8-9H2,1-2H3. The van der Waals surface area contributed by atoms with Crippen molar-refractivity contribution >= 4 is 45.0 Å². The van der Waals surface area contributed by atoms with Gasteiger partial charge < -0.3 is 14.0 Å². The van der Waals surface area contributed by atoms with Crippen LogP contribution in [0.2, 0.25) is 5.02 Å². The zero-order chi connectivity index (χ0) is 19.4. The Morgan fingerprint density at radius 1 is 1.15 bits per heavy atom. The van der Waals surface area contributed by atoms with Crippen molar-refractivity contribution in [2.75, 3.05) is 20.8 Å². The molecule has 0 saturated carbocycles. The number of benzene rings is 2. The number of halogens is 1. The number of esters is 1. The molecule has 3 rings (SSSR count). The Hall–Kier alpha value is -2.48. The molecule has 1 heterocycles. The van der Waals surface area contributed by atoms with Crippen LogP contribution in [0.3, 0.4) is 0 Å². The van der Waals surface area contributed by atoms with E-state index in [1.54, 1.807) is 43.5 Å². The topological polar surface area (TPSA) is 69.9 Å². The molecule has 27 heavy (non-hydrogen) atoms. The molecule has 0 unspecified atom stereocenters. The molecular formula is C19H17ClN2O4S. The van der Waals surface area contributed by atoms with E-state index < -0.39 is 5.97 Å². The molecule has 1 amide bonds. The molecule has 0 radical (unpaired) electrons. The molecule has 0 saturated heterocycles. The Bertz CT molecular complexity index is 1070. The fourth-order valence-corrected chi connectivity index (χ4v) is 3.86. The van der Waals surface area contributed by atoms with Crippen molar-refractivity contribution in [1.29, 1.82) is 0 Å². The number of carbonyl (C=O) groups is 2. The molecule has 0 N–H and O–H groups in total. The summed E-state index contributed by atoms with van der Waals surface area (Å²) in [5.74, 6) is -0.800. The third-order valence-corrected chi connectivity index (χ3v) is 5.17. The van der Waals surface area contributed by atoms with Gasteiger partial charge in [-0.1, -0.05) is 29.0 Å². The average Bonchev–Trinajstić information content (AvgIpc) is 3.01. The van der Waals surface area contributed by atoms with Crippen LogP contribution < -0.4 is 4.80 Å². The number of amides is 1. The molecule has 140 valence electrons. The maximum absolute atomic E-state index is 12.6. The van der Waals surface area contributed by atoms with Gasteiger partial charge in [0.2, 0.25) is 0 Å². The van der Waals surface area contributed by atoms with Crippen LogP contribution in [0.25, 0.3) is 10.2 Å². The second-order valence-electron chi connectivity index (χ2n) is 5.63. The number of carbonyl (C=O) groups excluding carboxylic acids is 2. The molecule has 0 aliphatic carbocycles. The number of hydrogen-bond acceptors (Lipinski definition) is 5. The molecule has 2 aromatic carbocycles. The lowest BCUT2D eigenvalue weighted by atomic mass is 10.2. The van der Waals surface area contributed by atoms with Crippen molar-refractivity contribution in [2.24, 2.45) is 4.99 Å². The molecule has 1 aromatic heterocycles. The van der Waals surface area contributed by atoms with Crippen molar-refractivity contribution in [3.05, 3.63) is 63.4 Å². The molecule has 3 aromatic rings. The molecule has 0 atom stereocenters. The highest BCUT2D eigenvalue weighted by Crippen LogP contribution is 2.20. The molecule has 0 fully saturated rings. The predicted octanol–water partition coefficient (Wildman–Crippen LogP) is 3.53. The predicted molar refractivity (Wildman–Crippen MR) is 104 cm³/mol. The zero-order valence-corrected chi connectivity index (χ0v) is 16.3. The first-order valence-corrected chi connectivity index (χ1v) is 9.28. The number of hydrogen-bond donors (Lipinski definition) is 0. The van der Waals surface area contributed by atoms with Crippen LogP contribution in [0.4, 0.5) is 0 Å². The first-order chi connectivity index (χ1) is 13.0. The molecule has 0 spiro atoms. The van der Waals surface area contributed by atoms with E-state index in [1.807, 2.05) is 10.6 Å². The lowest BCUT2D eigenvalue weighted by Crippen LogP contribution is -2.19. The van der Waals surface area contributed by atoms with Gasteiger partial charge in [-0.15, -0.1) is 0 Å². The van der Waals surface area contributed by atoms with Gasteiger partial charge in [-0.05, 0) is 36.4 Å². The normalized spacial score (nSPS) is 11.7. The second-order valence-corrected chi connectivity index (χ2v) is 7.08. The maximum Gasteiger partial charge on any atom is 0.337 e. The van der Waals surface area contributed by atoms with E-state index in [4.69, 9.17) is 21.1 Å². The molecule has 6 nitrogen and oxygen atoms in total. The minimum absolute atomic E-state index is 0.386. The van der Waals surface area contributed by atoms with E-state index in [2.05, 4.69) is 4.99 Å². The Kier molecular flexibility index (Phi) is 6.05. The molecule has 0 aliphatic heterocycles. The average molecular weight is 405 g/mol. The highest BCUT2D eigenvalue weighted by Gasteiger charge is 2.12. The first-order valence-electron chi connectivity index (χ1n) is 8.08. The summed E-state index contributed by atoms with van der Waals surface area (Å²) in [6.07, 6.45) is 0. The zero-order valence-electron chi connectivity index (χ0n) is 14.8. The Balaban J connectivity index is 2.11. The van der Waals surface area contributed by atoms with Gasteiger partial charge in [0.25, 0.3) is 5.91 Å². The van der Waals surface area contributed by atoms with Crippen molar-refractivity contribution < 1.29 is 19.1 Å². The van der Waals surface area contributed by atoms with Gasteiger partial charge in [0, 0.05) is 24.2 Å². The van der Waals surface area contributed by atoms with Crippen LogP contribution in [0, 0.1) is 0 Å². The first kappa shape index (κ1) is 19.3. The third-order valence-electron chi connectivity index (χ3n) is 3.89.